The molecule has 0 bridgehead atoms. The summed E-state index contributed by atoms with van der Waals surface area (Å²) < 4.78 is 0. The highest BCUT2D eigenvalue weighted by Crippen LogP contribution is 2.18. The van der Waals surface area contributed by atoms with Crippen LogP contribution >= 0.6 is 0 Å². The Balaban J connectivity index is 1.21. The first kappa shape index (κ1) is 27.8. The number of anilines is 4. The molecule has 0 aromatic heterocycles. The topological polar surface area (TPSA) is 116 Å². The Morgan fingerprint density at radius 2 is 0.725 bits per heavy atom. The van der Waals surface area contributed by atoms with Crippen molar-refractivity contribution in [2.75, 3.05) is 21.3 Å². The Labute approximate surface area is 232 Å². The maximum Gasteiger partial charge on any atom is 0.228 e. The summed E-state index contributed by atoms with van der Waals surface area (Å²) in [6.45, 7) is 0. The van der Waals surface area contributed by atoms with Crippen LogP contribution in [0.1, 0.15) is 24.0 Å². The van der Waals surface area contributed by atoms with Gasteiger partial charge in [0.15, 0.2) is 0 Å². The molecule has 4 aromatic carbocycles. The number of amides is 4. The molecule has 4 N–H and O–H groups in total. The van der Waals surface area contributed by atoms with Crippen molar-refractivity contribution in [2.45, 2.75) is 25.7 Å². The van der Waals surface area contributed by atoms with Gasteiger partial charge in [-0.25, -0.2) is 0 Å². The summed E-state index contributed by atoms with van der Waals surface area (Å²) >= 11 is 0. The lowest BCUT2D eigenvalue weighted by molar-refractivity contribution is -0.121. The van der Waals surface area contributed by atoms with E-state index in [2.05, 4.69) is 21.3 Å². The van der Waals surface area contributed by atoms with Crippen molar-refractivity contribution in [3.8, 4) is 0 Å². The summed E-state index contributed by atoms with van der Waals surface area (Å²) in [5, 5.41) is 11.2. The van der Waals surface area contributed by atoms with Gasteiger partial charge in [-0.15, -0.1) is 0 Å². The third-order valence-electron chi connectivity index (χ3n) is 5.85. The van der Waals surface area contributed by atoms with E-state index in [4.69, 9.17) is 0 Å². The van der Waals surface area contributed by atoms with Gasteiger partial charge in [0.25, 0.3) is 0 Å². The van der Waals surface area contributed by atoms with Gasteiger partial charge in [0.05, 0.1) is 12.8 Å². The molecule has 0 aliphatic rings. The van der Waals surface area contributed by atoms with Crippen LogP contribution in [0.4, 0.5) is 22.7 Å². The fourth-order valence-electron chi connectivity index (χ4n) is 4.00. The average Bonchev–Trinajstić information content (AvgIpc) is 2.93. The van der Waals surface area contributed by atoms with E-state index in [-0.39, 0.29) is 49.3 Å². The van der Waals surface area contributed by atoms with Gasteiger partial charge in [-0.2, -0.15) is 0 Å². The summed E-state index contributed by atoms with van der Waals surface area (Å²) in [5.74, 6) is -0.980. The molecule has 0 spiro atoms. The third kappa shape index (κ3) is 9.25. The van der Waals surface area contributed by atoms with Crippen LogP contribution in [0.2, 0.25) is 0 Å². The van der Waals surface area contributed by atoms with Crippen molar-refractivity contribution in [1.29, 1.82) is 0 Å². The SMILES string of the molecule is O=C(CCC(=O)Nc1cccc(NC(=O)Cc2ccccc2)c1)Nc1cccc(NC(=O)Cc2ccccc2)c1. The fraction of sp³-hybridized carbons (Fsp3) is 0.125. The minimum atomic E-state index is -0.329. The molecular weight excluding hydrogens is 504 g/mol. The van der Waals surface area contributed by atoms with E-state index < -0.39 is 0 Å². The monoisotopic (exact) mass is 534 g/mol. The first-order valence-electron chi connectivity index (χ1n) is 12.9. The second-order valence-corrected chi connectivity index (χ2v) is 9.18. The zero-order valence-corrected chi connectivity index (χ0v) is 21.9. The molecule has 0 atom stereocenters. The Bertz CT molecular complexity index is 1360. The fourth-order valence-corrected chi connectivity index (χ4v) is 4.00. The van der Waals surface area contributed by atoms with Crippen molar-refractivity contribution in [3.05, 3.63) is 120 Å². The first-order valence-corrected chi connectivity index (χ1v) is 12.9. The van der Waals surface area contributed by atoms with Crippen molar-refractivity contribution in [3.63, 3.8) is 0 Å². The standard InChI is InChI=1S/C32H30N4O4/c37-29(33-25-13-7-15-27(21-25)35-31(39)19-23-9-3-1-4-10-23)17-18-30(38)34-26-14-8-16-28(22-26)36-32(40)20-24-11-5-2-6-12-24/h1-16,21-22H,17-20H2,(H,33,37)(H,34,38)(H,35,39)(H,36,40). The van der Waals surface area contributed by atoms with Crippen LogP contribution in [0.15, 0.2) is 109 Å². The number of hydrogen-bond acceptors (Lipinski definition) is 4. The average molecular weight is 535 g/mol. The molecule has 0 heterocycles. The summed E-state index contributed by atoms with van der Waals surface area (Å²) in [7, 11) is 0. The summed E-state index contributed by atoms with van der Waals surface area (Å²) in [4.78, 5) is 49.5. The lowest BCUT2D eigenvalue weighted by Gasteiger charge is -2.10. The van der Waals surface area contributed by atoms with E-state index in [1.807, 2.05) is 60.7 Å². The van der Waals surface area contributed by atoms with E-state index >= 15 is 0 Å². The maximum atomic E-state index is 12.4. The molecule has 0 aliphatic heterocycles. The van der Waals surface area contributed by atoms with Crippen LogP contribution in [0.3, 0.4) is 0 Å². The molecule has 4 rings (SSSR count). The Morgan fingerprint density at radius 3 is 1.07 bits per heavy atom. The van der Waals surface area contributed by atoms with Crippen molar-refractivity contribution >= 4 is 46.4 Å². The minimum absolute atomic E-state index is 0.0239. The van der Waals surface area contributed by atoms with Gasteiger partial charge in [0, 0.05) is 35.6 Å². The molecule has 0 saturated carbocycles. The highest BCUT2D eigenvalue weighted by Gasteiger charge is 2.10. The number of rotatable bonds is 11. The van der Waals surface area contributed by atoms with Gasteiger partial charge in [0.2, 0.25) is 23.6 Å². The normalized spacial score (nSPS) is 10.3. The molecular formula is C32H30N4O4. The molecule has 202 valence electrons. The zero-order chi connectivity index (χ0) is 28.2. The summed E-state index contributed by atoms with van der Waals surface area (Å²) in [5.41, 5.74) is 3.97. The largest absolute Gasteiger partial charge is 0.326 e. The van der Waals surface area contributed by atoms with E-state index in [9.17, 15) is 19.2 Å². The van der Waals surface area contributed by atoms with E-state index in [1.165, 1.54) is 0 Å². The minimum Gasteiger partial charge on any atom is -0.326 e. The first-order chi connectivity index (χ1) is 19.4. The number of nitrogens with one attached hydrogen (secondary N) is 4. The van der Waals surface area contributed by atoms with E-state index in [0.717, 1.165) is 11.1 Å². The highest BCUT2D eigenvalue weighted by atomic mass is 16.2. The van der Waals surface area contributed by atoms with Gasteiger partial charge >= 0.3 is 0 Å². The number of carbonyl (C=O) groups excluding carboxylic acids is 4. The molecule has 0 aliphatic carbocycles. The second kappa shape index (κ2) is 14.1. The maximum absolute atomic E-state index is 12.4. The molecule has 0 unspecified atom stereocenters. The van der Waals surface area contributed by atoms with Crippen molar-refractivity contribution in [1.82, 2.24) is 0 Å². The van der Waals surface area contributed by atoms with Crippen LogP contribution in [-0.4, -0.2) is 23.6 Å². The van der Waals surface area contributed by atoms with Gasteiger partial charge in [-0.05, 0) is 47.5 Å². The quantitative estimate of drug-likeness (QED) is 0.206. The van der Waals surface area contributed by atoms with Gasteiger partial charge in [0.1, 0.15) is 0 Å². The van der Waals surface area contributed by atoms with Crippen LogP contribution in [0.5, 0.6) is 0 Å². The highest BCUT2D eigenvalue weighted by molar-refractivity contribution is 5.98. The Hall–Kier alpha value is -5.24. The van der Waals surface area contributed by atoms with Crippen LogP contribution in [-0.2, 0) is 32.0 Å². The van der Waals surface area contributed by atoms with Gasteiger partial charge < -0.3 is 21.3 Å². The number of benzene rings is 4. The van der Waals surface area contributed by atoms with Gasteiger partial charge in [-0.1, -0.05) is 72.8 Å². The second-order valence-electron chi connectivity index (χ2n) is 9.18. The van der Waals surface area contributed by atoms with Crippen LogP contribution in [0.25, 0.3) is 0 Å². The number of hydrogen-bond donors (Lipinski definition) is 4. The van der Waals surface area contributed by atoms with Gasteiger partial charge in [-0.3, -0.25) is 19.2 Å². The lowest BCUT2D eigenvalue weighted by atomic mass is 10.1. The molecule has 0 radical (unpaired) electrons. The predicted molar refractivity (Wildman–Crippen MR) is 157 cm³/mol. The number of carbonyl (C=O) groups is 4. The Kier molecular flexibility index (Phi) is 9.77. The molecule has 0 fully saturated rings. The van der Waals surface area contributed by atoms with Crippen LogP contribution < -0.4 is 21.3 Å². The van der Waals surface area contributed by atoms with Crippen LogP contribution in [0, 0.1) is 0 Å². The Morgan fingerprint density at radius 1 is 0.400 bits per heavy atom. The third-order valence-corrected chi connectivity index (χ3v) is 5.85. The van der Waals surface area contributed by atoms with Crippen molar-refractivity contribution in [2.24, 2.45) is 0 Å². The molecule has 4 aromatic rings. The molecule has 0 saturated heterocycles. The lowest BCUT2D eigenvalue weighted by Crippen LogP contribution is -2.18. The summed E-state index contributed by atoms with van der Waals surface area (Å²) in [6.07, 6.45) is 0.443. The molecule has 40 heavy (non-hydrogen) atoms. The van der Waals surface area contributed by atoms with E-state index in [1.54, 1.807) is 48.5 Å². The predicted octanol–water partition coefficient (Wildman–Crippen LogP) is 5.41. The summed E-state index contributed by atoms with van der Waals surface area (Å²) in [6, 6.07) is 32.5. The zero-order valence-electron chi connectivity index (χ0n) is 21.9. The molecule has 4 amide bonds. The molecule has 8 nitrogen and oxygen atoms in total. The van der Waals surface area contributed by atoms with Crippen molar-refractivity contribution < 1.29 is 19.2 Å². The van der Waals surface area contributed by atoms with E-state index in [0.29, 0.717) is 22.7 Å². The smallest absolute Gasteiger partial charge is 0.228 e. The molecule has 8 heteroatoms.